The molecule has 2 aromatic rings. The van der Waals surface area contributed by atoms with Crippen LogP contribution in [0.15, 0.2) is 42.6 Å². The normalized spacial score (nSPS) is 11.0. The van der Waals surface area contributed by atoms with Crippen LogP contribution in [0.25, 0.3) is 0 Å². The summed E-state index contributed by atoms with van der Waals surface area (Å²) in [5, 5.41) is 5.43. The van der Waals surface area contributed by atoms with Crippen molar-refractivity contribution >= 4 is 23.1 Å². The smallest absolute Gasteiger partial charge is 0.419 e. The van der Waals surface area contributed by atoms with Crippen molar-refractivity contribution in [2.45, 2.75) is 12.6 Å². The summed E-state index contributed by atoms with van der Waals surface area (Å²) in [5.74, 6) is 0.432. The molecule has 1 heterocycles. The summed E-state index contributed by atoms with van der Waals surface area (Å²) in [6.45, 7) is 0.445. The van der Waals surface area contributed by atoms with E-state index in [9.17, 15) is 13.2 Å². The van der Waals surface area contributed by atoms with Gasteiger partial charge < -0.3 is 15.4 Å². The second kappa shape index (κ2) is 7.96. The van der Waals surface area contributed by atoms with Crippen molar-refractivity contribution in [2.24, 2.45) is 0 Å². The predicted molar refractivity (Wildman–Crippen MR) is 90.2 cm³/mol. The Labute approximate surface area is 143 Å². The molecule has 0 saturated heterocycles. The SMILES string of the molecule is COc1ccccc1CCNC(=S)Nc1ncccc1C(F)(F)F. The van der Waals surface area contributed by atoms with Crippen molar-refractivity contribution in [1.82, 2.24) is 10.3 Å². The molecular formula is C16H16F3N3OS. The van der Waals surface area contributed by atoms with Gasteiger partial charge in [0.2, 0.25) is 0 Å². The fourth-order valence-corrected chi connectivity index (χ4v) is 2.30. The lowest BCUT2D eigenvalue weighted by molar-refractivity contribution is -0.137. The highest BCUT2D eigenvalue weighted by Gasteiger charge is 2.34. The molecule has 2 N–H and O–H groups in total. The average Bonchev–Trinajstić information content (AvgIpc) is 2.55. The Morgan fingerprint density at radius 2 is 1.96 bits per heavy atom. The van der Waals surface area contributed by atoms with Crippen molar-refractivity contribution in [2.75, 3.05) is 19.0 Å². The number of pyridine rings is 1. The fraction of sp³-hybridized carbons (Fsp3) is 0.250. The topological polar surface area (TPSA) is 46.2 Å². The van der Waals surface area contributed by atoms with E-state index in [-0.39, 0.29) is 10.9 Å². The first-order chi connectivity index (χ1) is 11.4. The maximum absolute atomic E-state index is 12.9. The number of nitrogens with zero attached hydrogens (tertiary/aromatic N) is 1. The Kier molecular flexibility index (Phi) is 5.97. The molecule has 0 fully saturated rings. The highest BCUT2D eigenvalue weighted by molar-refractivity contribution is 7.80. The van der Waals surface area contributed by atoms with Crippen LogP contribution < -0.4 is 15.4 Å². The van der Waals surface area contributed by atoms with Gasteiger partial charge in [0.1, 0.15) is 11.6 Å². The molecule has 0 unspecified atom stereocenters. The van der Waals surface area contributed by atoms with Crippen molar-refractivity contribution in [3.05, 3.63) is 53.7 Å². The van der Waals surface area contributed by atoms with E-state index in [4.69, 9.17) is 17.0 Å². The van der Waals surface area contributed by atoms with E-state index >= 15 is 0 Å². The van der Waals surface area contributed by atoms with E-state index in [0.717, 1.165) is 17.4 Å². The molecule has 0 aliphatic heterocycles. The largest absolute Gasteiger partial charge is 0.496 e. The van der Waals surface area contributed by atoms with Gasteiger partial charge in [-0.1, -0.05) is 18.2 Å². The van der Waals surface area contributed by atoms with Gasteiger partial charge in [0.05, 0.1) is 12.7 Å². The number of para-hydroxylation sites is 1. The van der Waals surface area contributed by atoms with Gasteiger partial charge in [-0.15, -0.1) is 0 Å². The summed E-state index contributed by atoms with van der Waals surface area (Å²) < 4.78 is 43.9. The van der Waals surface area contributed by atoms with Crippen LogP contribution in [0, 0.1) is 0 Å². The van der Waals surface area contributed by atoms with Gasteiger partial charge in [-0.25, -0.2) is 4.98 Å². The van der Waals surface area contributed by atoms with Crippen LogP contribution in [0.5, 0.6) is 5.75 Å². The molecule has 128 valence electrons. The molecule has 0 atom stereocenters. The number of nitrogens with one attached hydrogen (secondary N) is 2. The Morgan fingerprint density at radius 3 is 2.67 bits per heavy atom. The number of halogens is 3. The lowest BCUT2D eigenvalue weighted by Crippen LogP contribution is -2.31. The van der Waals surface area contributed by atoms with Crippen LogP contribution in [-0.2, 0) is 12.6 Å². The maximum Gasteiger partial charge on any atom is 0.419 e. The lowest BCUT2D eigenvalue weighted by atomic mass is 10.1. The fourth-order valence-electron chi connectivity index (χ4n) is 2.11. The van der Waals surface area contributed by atoms with Crippen LogP contribution in [-0.4, -0.2) is 23.8 Å². The second-order valence-electron chi connectivity index (χ2n) is 4.84. The zero-order valence-electron chi connectivity index (χ0n) is 12.9. The Balaban J connectivity index is 1.93. The number of thiocarbonyl (C=S) groups is 1. The lowest BCUT2D eigenvalue weighted by Gasteiger charge is -2.15. The predicted octanol–water partition coefficient (Wildman–Crippen LogP) is 3.64. The summed E-state index contributed by atoms with van der Waals surface area (Å²) in [6, 6.07) is 9.69. The summed E-state index contributed by atoms with van der Waals surface area (Å²) >= 11 is 5.03. The first kappa shape index (κ1) is 18.0. The molecule has 0 bridgehead atoms. The molecule has 0 spiro atoms. The first-order valence-corrected chi connectivity index (χ1v) is 7.51. The minimum Gasteiger partial charge on any atom is -0.496 e. The molecular weight excluding hydrogens is 339 g/mol. The number of hydrogen-bond acceptors (Lipinski definition) is 3. The van der Waals surface area contributed by atoms with Gasteiger partial charge in [0.15, 0.2) is 5.11 Å². The molecule has 0 aliphatic rings. The average molecular weight is 355 g/mol. The summed E-state index contributed by atoms with van der Waals surface area (Å²) in [7, 11) is 1.58. The highest BCUT2D eigenvalue weighted by atomic mass is 32.1. The van der Waals surface area contributed by atoms with Crippen molar-refractivity contribution in [1.29, 1.82) is 0 Å². The van der Waals surface area contributed by atoms with E-state index in [0.29, 0.717) is 13.0 Å². The van der Waals surface area contributed by atoms with Crippen LogP contribution in [0.4, 0.5) is 19.0 Å². The van der Waals surface area contributed by atoms with E-state index in [1.807, 2.05) is 24.3 Å². The third-order valence-corrected chi connectivity index (χ3v) is 3.46. The van der Waals surface area contributed by atoms with Crippen LogP contribution in [0.2, 0.25) is 0 Å². The number of aromatic nitrogens is 1. The zero-order valence-corrected chi connectivity index (χ0v) is 13.7. The van der Waals surface area contributed by atoms with Gasteiger partial charge in [-0.2, -0.15) is 13.2 Å². The molecule has 0 saturated carbocycles. The standard InChI is InChI=1S/C16H16F3N3OS/c1-23-13-7-3-2-5-11(13)8-10-21-15(24)22-14-12(16(17,18)19)6-4-9-20-14/h2-7,9H,8,10H2,1H3,(H2,20,21,22,24). The molecule has 8 heteroatoms. The Morgan fingerprint density at radius 1 is 1.21 bits per heavy atom. The van der Waals surface area contributed by atoms with Gasteiger partial charge in [0.25, 0.3) is 0 Å². The van der Waals surface area contributed by atoms with Gasteiger partial charge in [-0.05, 0) is 42.4 Å². The van der Waals surface area contributed by atoms with Gasteiger partial charge in [-0.3, -0.25) is 0 Å². The van der Waals surface area contributed by atoms with Gasteiger partial charge >= 0.3 is 6.18 Å². The molecule has 0 amide bonds. The molecule has 2 rings (SSSR count). The minimum absolute atomic E-state index is 0.0779. The summed E-state index contributed by atoms with van der Waals surface area (Å²) in [5.41, 5.74) is 0.114. The molecule has 1 aromatic heterocycles. The number of hydrogen-bond donors (Lipinski definition) is 2. The summed E-state index contributed by atoms with van der Waals surface area (Å²) in [4.78, 5) is 3.70. The number of anilines is 1. The van der Waals surface area contributed by atoms with Crippen molar-refractivity contribution < 1.29 is 17.9 Å². The molecule has 0 radical (unpaired) electrons. The Bertz CT molecular complexity index is 707. The Hall–Kier alpha value is -2.35. The minimum atomic E-state index is -4.50. The van der Waals surface area contributed by atoms with E-state index in [2.05, 4.69) is 15.6 Å². The molecule has 0 aliphatic carbocycles. The first-order valence-electron chi connectivity index (χ1n) is 7.11. The summed E-state index contributed by atoms with van der Waals surface area (Å²) in [6.07, 6.45) is -2.61. The number of alkyl halides is 3. The van der Waals surface area contributed by atoms with Crippen LogP contribution in [0.3, 0.4) is 0 Å². The van der Waals surface area contributed by atoms with Crippen molar-refractivity contribution in [3.8, 4) is 5.75 Å². The van der Waals surface area contributed by atoms with Crippen LogP contribution in [0.1, 0.15) is 11.1 Å². The monoisotopic (exact) mass is 355 g/mol. The molecule has 24 heavy (non-hydrogen) atoms. The third-order valence-electron chi connectivity index (χ3n) is 3.22. The number of ether oxygens (including phenoxy) is 1. The van der Waals surface area contributed by atoms with Gasteiger partial charge in [0, 0.05) is 12.7 Å². The molecule has 4 nitrogen and oxygen atoms in total. The maximum atomic E-state index is 12.9. The van der Waals surface area contributed by atoms with E-state index in [1.54, 1.807) is 7.11 Å². The van der Waals surface area contributed by atoms with Crippen LogP contribution >= 0.6 is 12.2 Å². The van der Waals surface area contributed by atoms with Crippen molar-refractivity contribution in [3.63, 3.8) is 0 Å². The third kappa shape index (κ3) is 4.82. The molecule has 1 aromatic carbocycles. The zero-order chi connectivity index (χ0) is 17.6. The van der Waals surface area contributed by atoms with E-state index < -0.39 is 11.7 Å². The number of benzene rings is 1. The quantitative estimate of drug-likeness (QED) is 0.802. The highest BCUT2D eigenvalue weighted by Crippen LogP contribution is 2.33. The van der Waals surface area contributed by atoms with E-state index in [1.165, 1.54) is 12.3 Å². The number of methoxy groups -OCH3 is 1. The second-order valence-corrected chi connectivity index (χ2v) is 5.25. The number of rotatable bonds is 5.